The number of carbonyl (C=O) groups is 2. The van der Waals surface area contributed by atoms with E-state index in [1.807, 2.05) is 13.0 Å². The normalized spacial score (nSPS) is 11.4. The highest BCUT2D eigenvalue weighted by Gasteiger charge is 2.27. The van der Waals surface area contributed by atoms with Gasteiger partial charge in [-0.3, -0.25) is 13.9 Å². The Hall–Kier alpha value is -4.96. The van der Waals surface area contributed by atoms with E-state index < -0.39 is 22.5 Å². The van der Waals surface area contributed by atoms with Gasteiger partial charge in [-0.2, -0.15) is 5.10 Å². The first-order valence-corrected chi connectivity index (χ1v) is 14.3. The lowest BCUT2D eigenvalue weighted by atomic mass is 10.1. The summed E-state index contributed by atoms with van der Waals surface area (Å²) in [6.07, 6.45) is 0. The number of nitrogens with one attached hydrogen (secondary N) is 2. The van der Waals surface area contributed by atoms with E-state index in [0.717, 1.165) is 4.31 Å². The Morgan fingerprint density at radius 2 is 1.41 bits per heavy atom. The second-order valence-corrected chi connectivity index (χ2v) is 10.7. The Morgan fingerprint density at radius 1 is 0.805 bits per heavy atom. The van der Waals surface area contributed by atoms with Crippen LogP contribution in [0.5, 0.6) is 5.75 Å². The molecule has 0 saturated carbocycles. The van der Waals surface area contributed by atoms with Gasteiger partial charge in [0.1, 0.15) is 12.3 Å². The SMILES string of the molecule is CCOc1ccc(S(=O)(=O)N(CC(=O)N/N=C(/C)c2ccc(NC(=O)c3ccccc3)cc2)c2ccccc2)cc1. The van der Waals surface area contributed by atoms with Crippen LogP contribution in [-0.4, -0.2) is 39.1 Å². The fourth-order valence-corrected chi connectivity index (χ4v) is 5.30. The van der Waals surface area contributed by atoms with Crippen molar-refractivity contribution in [3.63, 3.8) is 0 Å². The molecule has 10 heteroatoms. The number of anilines is 2. The fourth-order valence-electron chi connectivity index (χ4n) is 3.88. The maximum absolute atomic E-state index is 13.5. The van der Waals surface area contributed by atoms with E-state index in [9.17, 15) is 18.0 Å². The Balaban J connectivity index is 1.45. The molecule has 9 nitrogen and oxygen atoms in total. The highest BCUT2D eigenvalue weighted by Crippen LogP contribution is 2.25. The van der Waals surface area contributed by atoms with E-state index in [0.29, 0.717) is 40.6 Å². The highest BCUT2D eigenvalue weighted by atomic mass is 32.2. The van der Waals surface area contributed by atoms with Crippen molar-refractivity contribution in [3.8, 4) is 5.75 Å². The summed E-state index contributed by atoms with van der Waals surface area (Å²) in [5.41, 5.74) is 5.16. The van der Waals surface area contributed by atoms with E-state index in [4.69, 9.17) is 4.74 Å². The highest BCUT2D eigenvalue weighted by molar-refractivity contribution is 7.92. The average Bonchev–Trinajstić information content (AvgIpc) is 3.00. The van der Waals surface area contributed by atoms with Gasteiger partial charge in [-0.05, 0) is 80.1 Å². The molecule has 0 aliphatic rings. The van der Waals surface area contributed by atoms with Gasteiger partial charge in [0.05, 0.1) is 22.9 Å². The minimum atomic E-state index is -4.07. The standard InChI is InChI=1S/C31H30N4O5S/c1-3-40-28-18-20-29(21-19-28)41(38,39)35(27-12-8-5-9-13-27)22-30(36)34-33-23(2)24-14-16-26(17-15-24)32-31(37)25-10-6-4-7-11-25/h4-21H,3,22H2,1-2H3,(H,32,37)(H,34,36)/b33-23-. The Morgan fingerprint density at radius 3 is 2.02 bits per heavy atom. The van der Waals surface area contributed by atoms with Gasteiger partial charge in [0.2, 0.25) is 0 Å². The zero-order valence-electron chi connectivity index (χ0n) is 22.7. The molecule has 0 aliphatic carbocycles. The lowest BCUT2D eigenvalue weighted by Crippen LogP contribution is -2.39. The summed E-state index contributed by atoms with van der Waals surface area (Å²) in [6, 6.07) is 30.3. The molecule has 4 aromatic rings. The minimum absolute atomic E-state index is 0.0248. The van der Waals surface area contributed by atoms with Crippen LogP contribution in [0.2, 0.25) is 0 Å². The molecule has 0 radical (unpaired) electrons. The average molecular weight is 571 g/mol. The van der Waals surface area contributed by atoms with Gasteiger partial charge in [0.15, 0.2) is 0 Å². The molecule has 4 aromatic carbocycles. The molecule has 0 aliphatic heterocycles. The first kappa shape index (κ1) is 29.0. The van der Waals surface area contributed by atoms with Gasteiger partial charge in [-0.1, -0.05) is 48.5 Å². The lowest BCUT2D eigenvalue weighted by Gasteiger charge is -2.23. The predicted molar refractivity (Wildman–Crippen MR) is 160 cm³/mol. The van der Waals surface area contributed by atoms with Crippen molar-refractivity contribution >= 4 is 38.9 Å². The quantitative estimate of drug-likeness (QED) is 0.193. The van der Waals surface area contributed by atoms with E-state index in [2.05, 4.69) is 15.8 Å². The monoisotopic (exact) mass is 570 g/mol. The minimum Gasteiger partial charge on any atom is -0.494 e. The topological polar surface area (TPSA) is 117 Å². The molecule has 0 heterocycles. The van der Waals surface area contributed by atoms with Crippen LogP contribution in [0, 0.1) is 0 Å². The largest absolute Gasteiger partial charge is 0.494 e. The zero-order chi connectivity index (χ0) is 29.2. The summed E-state index contributed by atoms with van der Waals surface area (Å²) >= 11 is 0. The number of rotatable bonds is 11. The number of carbonyl (C=O) groups excluding carboxylic acids is 2. The number of amides is 2. The maximum Gasteiger partial charge on any atom is 0.264 e. The van der Waals surface area contributed by atoms with Crippen LogP contribution in [0.15, 0.2) is 119 Å². The van der Waals surface area contributed by atoms with E-state index in [1.165, 1.54) is 12.1 Å². The fraction of sp³-hybridized carbons (Fsp3) is 0.129. The molecule has 0 atom stereocenters. The summed E-state index contributed by atoms with van der Waals surface area (Å²) in [7, 11) is -4.07. The number of ether oxygens (including phenoxy) is 1. The molecule has 0 aromatic heterocycles. The zero-order valence-corrected chi connectivity index (χ0v) is 23.5. The third-order valence-corrected chi connectivity index (χ3v) is 7.79. The molecule has 2 N–H and O–H groups in total. The van der Waals surface area contributed by atoms with Gasteiger partial charge >= 0.3 is 0 Å². The number of hydrogen-bond acceptors (Lipinski definition) is 6. The van der Waals surface area contributed by atoms with Crippen LogP contribution in [0.25, 0.3) is 0 Å². The molecule has 0 bridgehead atoms. The lowest BCUT2D eigenvalue weighted by molar-refractivity contribution is -0.119. The van der Waals surface area contributed by atoms with Crippen molar-refractivity contribution in [1.29, 1.82) is 0 Å². The van der Waals surface area contributed by atoms with Crippen molar-refractivity contribution in [3.05, 3.63) is 120 Å². The van der Waals surface area contributed by atoms with Gasteiger partial charge in [0, 0.05) is 11.3 Å². The molecule has 41 heavy (non-hydrogen) atoms. The van der Waals surface area contributed by atoms with Crippen LogP contribution in [-0.2, 0) is 14.8 Å². The Kier molecular flexibility index (Phi) is 9.49. The number of sulfonamides is 1. The second-order valence-electron chi connectivity index (χ2n) is 8.88. The molecule has 0 spiro atoms. The first-order valence-electron chi connectivity index (χ1n) is 12.9. The smallest absolute Gasteiger partial charge is 0.264 e. The van der Waals surface area contributed by atoms with Gasteiger partial charge in [-0.25, -0.2) is 13.8 Å². The number of nitrogens with zero attached hydrogens (tertiary/aromatic N) is 2. The van der Waals surface area contributed by atoms with E-state index in [-0.39, 0.29) is 10.8 Å². The maximum atomic E-state index is 13.5. The first-order chi connectivity index (χ1) is 19.8. The predicted octanol–water partition coefficient (Wildman–Crippen LogP) is 5.07. The number of hydrogen-bond donors (Lipinski definition) is 2. The molecule has 4 rings (SSSR count). The van der Waals surface area contributed by atoms with Gasteiger partial charge in [-0.15, -0.1) is 0 Å². The third kappa shape index (κ3) is 7.58. The Labute approximate surface area is 239 Å². The van der Waals surface area contributed by atoms with Crippen molar-refractivity contribution in [2.75, 3.05) is 22.8 Å². The van der Waals surface area contributed by atoms with Crippen molar-refractivity contribution in [1.82, 2.24) is 5.43 Å². The molecular formula is C31H30N4O5S. The van der Waals surface area contributed by atoms with E-state index >= 15 is 0 Å². The van der Waals surface area contributed by atoms with E-state index in [1.54, 1.807) is 97.9 Å². The summed E-state index contributed by atoms with van der Waals surface area (Å²) in [5, 5.41) is 6.99. The molecule has 0 unspecified atom stereocenters. The summed E-state index contributed by atoms with van der Waals surface area (Å²) in [6.45, 7) is 3.52. The number of benzene rings is 4. The van der Waals surface area contributed by atoms with Crippen LogP contribution in [0.3, 0.4) is 0 Å². The second kappa shape index (κ2) is 13.4. The van der Waals surface area contributed by atoms with Crippen LogP contribution in [0.1, 0.15) is 29.8 Å². The number of para-hydroxylation sites is 1. The molecule has 2 amide bonds. The summed E-state index contributed by atoms with van der Waals surface area (Å²) < 4.78 is 33.5. The van der Waals surface area contributed by atoms with Crippen LogP contribution in [0.4, 0.5) is 11.4 Å². The number of hydrazone groups is 1. The molecular weight excluding hydrogens is 540 g/mol. The van der Waals surface area contributed by atoms with Crippen LogP contribution >= 0.6 is 0 Å². The summed E-state index contributed by atoms with van der Waals surface area (Å²) in [5.74, 6) is -0.291. The van der Waals surface area contributed by atoms with Crippen molar-refractivity contribution < 1.29 is 22.7 Å². The van der Waals surface area contributed by atoms with Gasteiger partial charge in [0.25, 0.3) is 21.8 Å². The third-order valence-electron chi connectivity index (χ3n) is 6.00. The molecule has 210 valence electrons. The molecule has 0 fully saturated rings. The van der Waals surface area contributed by atoms with Crippen molar-refractivity contribution in [2.24, 2.45) is 5.10 Å². The van der Waals surface area contributed by atoms with Crippen molar-refractivity contribution in [2.45, 2.75) is 18.7 Å². The van der Waals surface area contributed by atoms with Crippen LogP contribution < -0.4 is 19.8 Å². The molecule has 0 saturated heterocycles. The van der Waals surface area contributed by atoms with Gasteiger partial charge < -0.3 is 10.1 Å². The summed E-state index contributed by atoms with van der Waals surface area (Å²) in [4.78, 5) is 25.3. The Bertz CT molecular complexity index is 1610.